The number of hydrogen-bond donors (Lipinski definition) is 2. The van der Waals surface area contributed by atoms with Crippen molar-refractivity contribution in [3.05, 3.63) is 53.1 Å². The number of carbonyl (C=O) groups excluding carboxylic acids is 1. The van der Waals surface area contributed by atoms with Gasteiger partial charge in [0.25, 0.3) is 0 Å². The predicted molar refractivity (Wildman–Crippen MR) is 121 cm³/mol. The number of ketones is 1. The molecule has 0 aromatic heterocycles. The molecule has 1 aliphatic heterocycles. The first-order valence-corrected chi connectivity index (χ1v) is 11.9. The van der Waals surface area contributed by atoms with Crippen molar-refractivity contribution in [3.8, 4) is 0 Å². The third-order valence-electron chi connectivity index (χ3n) is 7.19. The first kappa shape index (κ1) is 23.4. The minimum Gasteiger partial charge on any atom is -0.478 e. The molecule has 0 spiro atoms. The van der Waals surface area contributed by atoms with Gasteiger partial charge in [0.15, 0.2) is 0 Å². The van der Waals surface area contributed by atoms with Gasteiger partial charge >= 0.3 is 5.97 Å². The Bertz CT molecular complexity index is 1280. The van der Waals surface area contributed by atoms with E-state index in [9.17, 15) is 28.2 Å². The van der Waals surface area contributed by atoms with Crippen LogP contribution in [0.3, 0.4) is 0 Å². The molecular formula is C23H23NNaO6S. The second kappa shape index (κ2) is 7.95. The van der Waals surface area contributed by atoms with Crippen molar-refractivity contribution < 1.29 is 28.2 Å². The number of carboxylic acid groups (broad SMARTS) is 1. The van der Waals surface area contributed by atoms with Crippen LogP contribution in [-0.4, -0.2) is 72.6 Å². The van der Waals surface area contributed by atoms with Crippen molar-refractivity contribution in [2.24, 2.45) is 23.7 Å². The van der Waals surface area contributed by atoms with Gasteiger partial charge in [-0.15, -0.1) is 0 Å². The Morgan fingerprint density at radius 2 is 1.88 bits per heavy atom. The molecule has 2 aromatic carbocycles. The van der Waals surface area contributed by atoms with E-state index in [1.807, 2.05) is 25.1 Å². The van der Waals surface area contributed by atoms with Gasteiger partial charge in [-0.05, 0) is 41.3 Å². The van der Waals surface area contributed by atoms with Crippen LogP contribution < -0.4 is 4.31 Å². The van der Waals surface area contributed by atoms with E-state index in [2.05, 4.69) is 0 Å². The summed E-state index contributed by atoms with van der Waals surface area (Å²) >= 11 is 0. The number of aliphatic carboxylic acids is 1. The molecule has 2 aromatic rings. The van der Waals surface area contributed by atoms with Crippen LogP contribution in [0.1, 0.15) is 19.4 Å². The van der Waals surface area contributed by atoms with Gasteiger partial charge in [0.1, 0.15) is 5.78 Å². The van der Waals surface area contributed by atoms with Crippen molar-refractivity contribution in [1.29, 1.82) is 0 Å². The molecule has 5 rings (SSSR count). The molecule has 9 heteroatoms. The van der Waals surface area contributed by atoms with E-state index in [0.29, 0.717) is 11.3 Å². The second-order valence-corrected chi connectivity index (χ2v) is 10.7. The SMILES string of the molecule is C[C@@H](O)[C@H]1C(=O)C2C(C(=O)O)=C(CN3c4cccc5cccc(c45)CS3(=O)=O)[C@H](C)[C@@H]21.[Na]. The average Bonchev–Trinajstić information content (AvgIpc) is 2.93. The molecule has 0 amide bonds. The summed E-state index contributed by atoms with van der Waals surface area (Å²) < 4.78 is 27.7. The van der Waals surface area contributed by atoms with Crippen LogP contribution in [0.25, 0.3) is 10.8 Å². The molecule has 1 radical (unpaired) electrons. The minimum absolute atomic E-state index is 0. The summed E-state index contributed by atoms with van der Waals surface area (Å²) in [6, 6.07) is 11.0. The fraction of sp³-hybridized carbons (Fsp3) is 0.391. The van der Waals surface area contributed by atoms with E-state index in [0.717, 1.165) is 16.3 Å². The van der Waals surface area contributed by atoms with Crippen molar-refractivity contribution in [2.75, 3.05) is 10.8 Å². The standard InChI is InChI=1S/C23H23NO6S.Na/c1-11-15(20(23(27)28)21-17(11)18(12(2)25)22(21)26)9-24-16-8-4-6-13-5-3-7-14(19(13)16)10-31(24,29)30;/h3-8,11-12,17-18,21,25H,9-10H2,1-2H3,(H,27,28);/t11-,12+,17+,18+,21?;/m0./s1. The number of carbonyl (C=O) groups is 2. The van der Waals surface area contributed by atoms with Gasteiger partial charge < -0.3 is 10.2 Å². The maximum absolute atomic E-state index is 13.2. The number of sulfonamides is 1. The Balaban J connectivity index is 0.00000245. The summed E-state index contributed by atoms with van der Waals surface area (Å²) in [6.07, 6.45) is -0.870. The molecule has 32 heavy (non-hydrogen) atoms. The van der Waals surface area contributed by atoms with Gasteiger partial charge in [-0.25, -0.2) is 13.2 Å². The molecule has 5 atom stereocenters. The predicted octanol–water partition coefficient (Wildman–Crippen LogP) is 1.95. The normalized spacial score (nSPS) is 28.7. The molecule has 0 bridgehead atoms. The summed E-state index contributed by atoms with van der Waals surface area (Å²) in [5, 5.41) is 21.7. The molecule has 2 aliphatic carbocycles. The molecule has 1 heterocycles. The molecule has 163 valence electrons. The van der Waals surface area contributed by atoms with Crippen LogP contribution >= 0.6 is 0 Å². The number of nitrogens with zero attached hydrogens (tertiary/aromatic N) is 1. The summed E-state index contributed by atoms with van der Waals surface area (Å²) in [4.78, 5) is 24.8. The summed E-state index contributed by atoms with van der Waals surface area (Å²) in [5.74, 6) is -3.66. The van der Waals surface area contributed by atoms with Gasteiger partial charge in [0, 0.05) is 46.4 Å². The molecule has 1 saturated carbocycles. The Morgan fingerprint density at radius 3 is 2.50 bits per heavy atom. The van der Waals surface area contributed by atoms with Crippen LogP contribution in [0.4, 0.5) is 5.69 Å². The molecule has 3 aliphatic rings. The fourth-order valence-electron chi connectivity index (χ4n) is 5.83. The molecule has 0 saturated heterocycles. The average molecular weight is 464 g/mol. The number of Topliss-reactive ketones (excluding diaryl/α,β-unsaturated/α-hetero) is 1. The molecule has 1 fully saturated rings. The van der Waals surface area contributed by atoms with Crippen molar-refractivity contribution >= 4 is 67.8 Å². The van der Waals surface area contributed by atoms with Gasteiger partial charge in [0.05, 0.1) is 30.0 Å². The zero-order valence-corrected chi connectivity index (χ0v) is 21.0. The van der Waals surface area contributed by atoms with Gasteiger partial charge in [-0.3, -0.25) is 9.10 Å². The summed E-state index contributed by atoms with van der Waals surface area (Å²) in [5.41, 5.74) is 1.71. The van der Waals surface area contributed by atoms with E-state index in [-0.39, 0.29) is 65.0 Å². The molecular weight excluding hydrogens is 441 g/mol. The third-order valence-corrected chi connectivity index (χ3v) is 8.87. The smallest absolute Gasteiger partial charge is 0.332 e. The Kier molecular flexibility index (Phi) is 5.83. The monoisotopic (exact) mass is 464 g/mol. The second-order valence-electron chi connectivity index (χ2n) is 8.81. The number of aliphatic hydroxyl groups excluding tert-OH is 1. The van der Waals surface area contributed by atoms with Gasteiger partial charge in [0.2, 0.25) is 10.0 Å². The summed E-state index contributed by atoms with van der Waals surface area (Å²) in [6.45, 7) is 3.26. The first-order chi connectivity index (χ1) is 14.6. The van der Waals surface area contributed by atoms with Crippen molar-refractivity contribution in [2.45, 2.75) is 25.7 Å². The zero-order valence-electron chi connectivity index (χ0n) is 18.1. The number of anilines is 1. The van der Waals surface area contributed by atoms with Crippen LogP contribution in [0.15, 0.2) is 47.5 Å². The first-order valence-electron chi connectivity index (χ1n) is 10.3. The maximum atomic E-state index is 13.2. The number of carboxylic acids is 1. The van der Waals surface area contributed by atoms with E-state index >= 15 is 0 Å². The van der Waals surface area contributed by atoms with E-state index in [1.54, 1.807) is 18.2 Å². The number of rotatable bonds is 4. The van der Waals surface area contributed by atoms with Gasteiger partial charge in [-0.2, -0.15) is 0 Å². The quantitative estimate of drug-likeness (QED) is 0.669. The van der Waals surface area contributed by atoms with Crippen LogP contribution in [0.2, 0.25) is 0 Å². The Hall–Kier alpha value is -1.71. The van der Waals surface area contributed by atoms with Gasteiger partial charge in [-0.1, -0.05) is 37.3 Å². The van der Waals surface area contributed by atoms with E-state index in [1.165, 1.54) is 11.2 Å². The Labute approximate surface area is 208 Å². The van der Waals surface area contributed by atoms with Crippen LogP contribution in [0, 0.1) is 23.7 Å². The number of fused-ring (bicyclic) bond motifs is 1. The number of aliphatic hydroxyl groups is 1. The van der Waals surface area contributed by atoms with E-state index < -0.39 is 33.9 Å². The third kappa shape index (κ3) is 3.19. The van der Waals surface area contributed by atoms with Crippen LogP contribution in [0.5, 0.6) is 0 Å². The topological polar surface area (TPSA) is 112 Å². The molecule has 2 N–H and O–H groups in total. The largest absolute Gasteiger partial charge is 0.478 e. The molecule has 7 nitrogen and oxygen atoms in total. The number of benzene rings is 2. The molecule has 1 unspecified atom stereocenters. The van der Waals surface area contributed by atoms with Crippen LogP contribution in [-0.2, 0) is 25.4 Å². The fourth-order valence-corrected chi connectivity index (χ4v) is 7.41. The van der Waals surface area contributed by atoms with Crippen molar-refractivity contribution in [3.63, 3.8) is 0 Å². The summed E-state index contributed by atoms with van der Waals surface area (Å²) in [7, 11) is -3.73. The van der Waals surface area contributed by atoms with Crippen molar-refractivity contribution in [1.82, 2.24) is 0 Å². The van der Waals surface area contributed by atoms with E-state index in [4.69, 9.17) is 0 Å². The Morgan fingerprint density at radius 1 is 1.22 bits per heavy atom. The zero-order chi connectivity index (χ0) is 22.2. The maximum Gasteiger partial charge on any atom is 0.332 e. The minimum atomic E-state index is -3.73. The number of hydrogen-bond acceptors (Lipinski definition) is 5.